The van der Waals surface area contributed by atoms with E-state index in [2.05, 4.69) is 15.0 Å². The van der Waals surface area contributed by atoms with Crippen molar-refractivity contribution >= 4 is 28.1 Å². The maximum absolute atomic E-state index is 13.5. The second-order valence-electron chi connectivity index (χ2n) is 9.52. The molecule has 3 fully saturated rings. The number of ether oxygens (including phenoxy) is 2. The summed E-state index contributed by atoms with van der Waals surface area (Å²) in [6.07, 6.45) is -0.0905. The Bertz CT molecular complexity index is 1330. The van der Waals surface area contributed by atoms with Crippen LogP contribution in [0.25, 0.3) is 16.7 Å². The molecule has 0 spiro atoms. The molecule has 0 radical (unpaired) electrons. The molecule has 4 aliphatic rings. The van der Waals surface area contributed by atoms with E-state index < -0.39 is 17.0 Å². The van der Waals surface area contributed by atoms with Crippen molar-refractivity contribution in [2.45, 2.75) is 71.1 Å². The van der Waals surface area contributed by atoms with Crippen molar-refractivity contribution in [3.63, 3.8) is 0 Å². The molecular formula is C25H28F3N5O2S. The quantitative estimate of drug-likeness (QED) is 0.415. The third-order valence-electron chi connectivity index (χ3n) is 7.34. The molecule has 3 aliphatic carbocycles. The van der Waals surface area contributed by atoms with Crippen LogP contribution >= 0.6 is 11.3 Å². The topological polar surface area (TPSA) is 82.9 Å². The van der Waals surface area contributed by atoms with Crippen molar-refractivity contribution in [1.82, 2.24) is 24.9 Å². The molecule has 2 bridgehead atoms. The first-order valence-corrected chi connectivity index (χ1v) is 12.9. The Morgan fingerprint density at radius 1 is 1.06 bits per heavy atom. The predicted molar refractivity (Wildman–Crippen MR) is 130 cm³/mol. The fourth-order valence-corrected chi connectivity index (χ4v) is 6.17. The number of aromatic nitrogens is 5. The number of fused-ring (bicyclic) bond motifs is 1. The summed E-state index contributed by atoms with van der Waals surface area (Å²) >= 11 is 1.40. The van der Waals surface area contributed by atoms with Crippen molar-refractivity contribution < 1.29 is 22.6 Å². The van der Waals surface area contributed by atoms with Crippen LogP contribution < -0.4 is 4.74 Å². The highest BCUT2D eigenvalue weighted by Crippen LogP contribution is 2.78. The van der Waals surface area contributed by atoms with E-state index in [0.29, 0.717) is 40.9 Å². The molecule has 7 nitrogen and oxygen atoms in total. The van der Waals surface area contributed by atoms with Gasteiger partial charge in [-0.05, 0) is 51.2 Å². The highest BCUT2D eigenvalue weighted by molar-refractivity contribution is 7.13. The highest BCUT2D eigenvalue weighted by atomic mass is 32.1. The Morgan fingerprint density at radius 3 is 2.39 bits per heavy atom. The zero-order chi connectivity index (χ0) is 25.9. The van der Waals surface area contributed by atoms with Crippen molar-refractivity contribution in [2.75, 3.05) is 13.7 Å². The normalized spacial score (nSPS) is 26.9. The maximum Gasteiger partial charge on any atom is 0.394 e. The van der Waals surface area contributed by atoms with Crippen LogP contribution in [0.15, 0.2) is 12.3 Å². The molecule has 0 amide bonds. The van der Waals surface area contributed by atoms with Crippen LogP contribution in [-0.4, -0.2) is 44.8 Å². The Morgan fingerprint density at radius 2 is 1.75 bits per heavy atom. The van der Waals surface area contributed by atoms with Crippen molar-refractivity contribution in [1.29, 1.82) is 0 Å². The lowest BCUT2D eigenvalue weighted by Crippen LogP contribution is -2.70. The van der Waals surface area contributed by atoms with Gasteiger partial charge in [-0.2, -0.15) is 13.2 Å². The van der Waals surface area contributed by atoms with Gasteiger partial charge < -0.3 is 9.47 Å². The molecule has 0 N–H and O–H groups in total. The molecule has 192 valence electrons. The Kier molecular flexibility index (Phi) is 6.06. The number of halogens is 3. The van der Waals surface area contributed by atoms with Crippen molar-refractivity contribution in [3.8, 4) is 5.19 Å². The van der Waals surface area contributed by atoms with Crippen LogP contribution in [-0.2, 0) is 10.2 Å². The SMILES string of the molecule is CC.COc1ncc(C2C=C(c3nc(C45CC(C(F)(F)F)(C4)C5)c4nc(C)c(C)nc4n3)CCO2)s1. The summed E-state index contributed by atoms with van der Waals surface area (Å²) in [6, 6.07) is 0. The summed E-state index contributed by atoms with van der Waals surface area (Å²) in [5.41, 5.74) is 1.69. The van der Waals surface area contributed by atoms with Gasteiger partial charge >= 0.3 is 6.18 Å². The smallest absolute Gasteiger partial charge is 0.394 e. The number of hydrogen-bond donors (Lipinski definition) is 0. The number of thiazole rings is 1. The molecular weight excluding hydrogens is 491 g/mol. The zero-order valence-corrected chi connectivity index (χ0v) is 21.7. The number of methoxy groups -OCH3 is 1. The minimum Gasteiger partial charge on any atom is -0.473 e. The van der Waals surface area contributed by atoms with E-state index in [1.165, 1.54) is 11.3 Å². The predicted octanol–water partition coefficient (Wildman–Crippen LogP) is 6.06. The maximum atomic E-state index is 13.5. The lowest BCUT2D eigenvalue weighted by Gasteiger charge is -2.70. The van der Waals surface area contributed by atoms with Crippen molar-refractivity contribution in [2.24, 2.45) is 5.41 Å². The molecule has 3 aromatic rings. The van der Waals surface area contributed by atoms with Gasteiger partial charge in [-0.1, -0.05) is 25.2 Å². The molecule has 11 heteroatoms. The number of rotatable bonds is 4. The first-order chi connectivity index (χ1) is 17.1. The standard InChI is InChI=1S/C23H22F3N5O2S.C2H6/c1-11-12(2)29-19-16(28-11)17(21-8-22(9-21,10-21)23(24,25)26)30-18(31-19)13-4-5-33-14(6-13)15-7-27-20(32-3)34-15;1-2/h6-7,14H,4-5,8-10H2,1-3H3;1-2H3. The molecule has 3 saturated carbocycles. The Labute approximate surface area is 211 Å². The zero-order valence-electron chi connectivity index (χ0n) is 20.9. The molecule has 7 rings (SSSR count). The number of alkyl halides is 3. The molecule has 36 heavy (non-hydrogen) atoms. The summed E-state index contributed by atoms with van der Waals surface area (Å²) < 4.78 is 51.7. The average molecular weight is 520 g/mol. The van der Waals surface area contributed by atoms with Gasteiger partial charge in [0.05, 0.1) is 41.1 Å². The summed E-state index contributed by atoms with van der Waals surface area (Å²) in [4.78, 5) is 23.9. The van der Waals surface area contributed by atoms with Gasteiger partial charge in [0.25, 0.3) is 5.19 Å². The van der Waals surface area contributed by atoms with Crippen LogP contribution in [0, 0.1) is 19.3 Å². The third-order valence-corrected chi connectivity index (χ3v) is 8.36. The van der Waals surface area contributed by atoms with E-state index >= 15 is 0 Å². The van der Waals surface area contributed by atoms with Gasteiger partial charge in [-0.25, -0.2) is 24.9 Å². The second kappa shape index (κ2) is 8.72. The van der Waals surface area contributed by atoms with Gasteiger partial charge in [0.1, 0.15) is 11.6 Å². The third kappa shape index (κ3) is 3.78. The minimum atomic E-state index is -4.19. The van der Waals surface area contributed by atoms with Gasteiger partial charge in [-0.3, -0.25) is 0 Å². The summed E-state index contributed by atoms with van der Waals surface area (Å²) in [5, 5.41) is 0.548. The van der Waals surface area contributed by atoms with Crippen LogP contribution in [0.5, 0.6) is 5.19 Å². The Hall–Kier alpha value is -2.66. The second-order valence-corrected chi connectivity index (χ2v) is 10.5. The number of nitrogens with zero attached hydrogens (tertiary/aromatic N) is 5. The molecule has 1 atom stereocenters. The molecule has 4 heterocycles. The van der Waals surface area contributed by atoms with Gasteiger partial charge in [0, 0.05) is 11.6 Å². The van der Waals surface area contributed by atoms with E-state index in [4.69, 9.17) is 19.4 Å². The van der Waals surface area contributed by atoms with Gasteiger partial charge in [0.2, 0.25) is 0 Å². The van der Waals surface area contributed by atoms with E-state index in [1.807, 2.05) is 33.8 Å². The van der Waals surface area contributed by atoms with E-state index in [9.17, 15) is 13.2 Å². The highest BCUT2D eigenvalue weighted by Gasteiger charge is 2.79. The lowest BCUT2D eigenvalue weighted by molar-refractivity contribution is -0.337. The van der Waals surface area contributed by atoms with Crippen LogP contribution in [0.4, 0.5) is 13.2 Å². The first kappa shape index (κ1) is 25.0. The van der Waals surface area contributed by atoms with Gasteiger partial charge in [-0.15, -0.1) is 0 Å². The lowest BCUT2D eigenvalue weighted by atomic mass is 9.34. The first-order valence-electron chi connectivity index (χ1n) is 12.1. The molecule has 1 unspecified atom stereocenters. The van der Waals surface area contributed by atoms with Crippen LogP contribution in [0.1, 0.15) is 73.4 Å². The monoisotopic (exact) mass is 519 g/mol. The minimum absolute atomic E-state index is 0.0507. The fourth-order valence-electron chi connectivity index (χ4n) is 5.42. The van der Waals surface area contributed by atoms with Gasteiger partial charge in [0.15, 0.2) is 11.5 Å². The van der Waals surface area contributed by atoms with Crippen LogP contribution in [0.2, 0.25) is 0 Å². The largest absolute Gasteiger partial charge is 0.473 e. The molecule has 0 aromatic carbocycles. The average Bonchev–Trinajstić information content (AvgIpc) is 3.28. The fraction of sp³-hybridized carbons (Fsp3) is 0.560. The Balaban J connectivity index is 0.00000130. The summed E-state index contributed by atoms with van der Waals surface area (Å²) in [5.74, 6) is 0.482. The number of hydrogen-bond acceptors (Lipinski definition) is 8. The number of aryl methyl sites for hydroxylation is 2. The summed E-state index contributed by atoms with van der Waals surface area (Å²) in [7, 11) is 1.56. The molecule has 0 saturated heterocycles. The molecule has 3 aromatic heterocycles. The molecule has 1 aliphatic heterocycles. The van der Waals surface area contributed by atoms with E-state index in [-0.39, 0.29) is 25.4 Å². The van der Waals surface area contributed by atoms with E-state index in [0.717, 1.165) is 21.8 Å². The van der Waals surface area contributed by atoms with E-state index in [1.54, 1.807) is 13.3 Å². The van der Waals surface area contributed by atoms with Crippen LogP contribution in [0.3, 0.4) is 0 Å². The van der Waals surface area contributed by atoms with Crippen molar-refractivity contribution in [3.05, 3.63) is 40.1 Å². The summed E-state index contributed by atoms with van der Waals surface area (Å²) in [6.45, 7) is 8.16.